The lowest BCUT2D eigenvalue weighted by molar-refractivity contribution is -0.117. The topological polar surface area (TPSA) is 117 Å². The fraction of sp³-hybridized carbons (Fsp3) is 0.292. The van der Waals surface area contributed by atoms with Crippen molar-refractivity contribution in [2.75, 3.05) is 11.9 Å². The van der Waals surface area contributed by atoms with E-state index in [1.54, 1.807) is 30.3 Å². The van der Waals surface area contributed by atoms with Crippen LogP contribution in [0.3, 0.4) is 0 Å². The van der Waals surface area contributed by atoms with E-state index < -0.39 is 5.91 Å². The molecule has 0 radical (unpaired) electrons. The van der Waals surface area contributed by atoms with Crippen LogP contribution in [0.1, 0.15) is 51.7 Å². The highest BCUT2D eigenvalue weighted by Gasteiger charge is 2.23. The molecule has 160 valence electrons. The third-order valence-corrected chi connectivity index (χ3v) is 5.79. The predicted molar refractivity (Wildman–Crippen MR) is 120 cm³/mol. The largest absolute Gasteiger partial charge is 0.370 e. The Hall–Kier alpha value is -3.61. The third-order valence-electron chi connectivity index (χ3n) is 5.79. The maximum atomic E-state index is 13.2. The first-order valence-corrected chi connectivity index (χ1v) is 10.5. The first kappa shape index (κ1) is 20.7. The number of carbonyl (C=O) groups excluding carboxylic acids is 3. The number of hydrogen-bond acceptors (Lipinski definition) is 3. The van der Waals surface area contributed by atoms with Crippen LogP contribution in [-0.2, 0) is 17.6 Å². The summed E-state index contributed by atoms with van der Waals surface area (Å²) in [5.74, 6) is -0.517. The minimum Gasteiger partial charge on any atom is -0.370 e. The zero-order valence-electron chi connectivity index (χ0n) is 17.5. The quantitative estimate of drug-likeness (QED) is 0.492. The van der Waals surface area contributed by atoms with E-state index in [0.717, 1.165) is 30.2 Å². The average molecular weight is 418 g/mol. The molecule has 1 aliphatic carbocycles. The van der Waals surface area contributed by atoms with Gasteiger partial charge in [0.1, 0.15) is 0 Å². The average Bonchev–Trinajstić information content (AvgIpc) is 3.11. The second-order valence-electron chi connectivity index (χ2n) is 8.13. The fourth-order valence-corrected chi connectivity index (χ4v) is 4.18. The molecule has 1 aromatic heterocycles. The molecule has 1 aliphatic rings. The number of anilines is 1. The van der Waals surface area contributed by atoms with Crippen LogP contribution in [0.15, 0.2) is 42.5 Å². The highest BCUT2D eigenvalue weighted by molar-refractivity contribution is 6.14. The number of aromatic amines is 1. The fourth-order valence-electron chi connectivity index (χ4n) is 4.18. The molecule has 0 saturated carbocycles. The minimum absolute atomic E-state index is 0.0539. The van der Waals surface area contributed by atoms with Crippen LogP contribution in [0.5, 0.6) is 0 Å². The van der Waals surface area contributed by atoms with Crippen molar-refractivity contribution in [3.8, 4) is 0 Å². The van der Waals surface area contributed by atoms with E-state index in [-0.39, 0.29) is 24.8 Å². The van der Waals surface area contributed by atoms with Gasteiger partial charge in [-0.3, -0.25) is 14.4 Å². The van der Waals surface area contributed by atoms with Crippen LogP contribution < -0.4 is 16.4 Å². The van der Waals surface area contributed by atoms with Gasteiger partial charge in [0.25, 0.3) is 11.8 Å². The molecule has 3 aromatic rings. The van der Waals surface area contributed by atoms with Crippen LogP contribution in [0.25, 0.3) is 10.9 Å². The van der Waals surface area contributed by atoms with Crippen LogP contribution in [-0.4, -0.2) is 29.3 Å². The van der Waals surface area contributed by atoms with Gasteiger partial charge in [-0.2, -0.15) is 0 Å². The van der Waals surface area contributed by atoms with E-state index in [1.807, 2.05) is 6.07 Å². The number of nitrogens with two attached hydrogens (primary N) is 1. The van der Waals surface area contributed by atoms with E-state index in [4.69, 9.17) is 5.73 Å². The minimum atomic E-state index is -0.488. The number of primary amides is 1. The summed E-state index contributed by atoms with van der Waals surface area (Å²) in [6.07, 6.45) is 3.19. The van der Waals surface area contributed by atoms with Gasteiger partial charge in [-0.15, -0.1) is 0 Å². The lowest BCUT2D eigenvalue weighted by atomic mass is 9.87. The van der Waals surface area contributed by atoms with Gasteiger partial charge in [-0.05, 0) is 48.9 Å². The molecule has 1 heterocycles. The van der Waals surface area contributed by atoms with Gasteiger partial charge in [-0.1, -0.05) is 31.2 Å². The molecule has 2 aromatic carbocycles. The van der Waals surface area contributed by atoms with Crippen molar-refractivity contribution in [2.45, 2.75) is 32.6 Å². The summed E-state index contributed by atoms with van der Waals surface area (Å²) in [5, 5.41) is 6.62. The lowest BCUT2D eigenvalue weighted by Crippen LogP contribution is -2.28. The first-order valence-electron chi connectivity index (χ1n) is 10.5. The summed E-state index contributed by atoms with van der Waals surface area (Å²) in [4.78, 5) is 40.0. The molecule has 7 heteroatoms. The van der Waals surface area contributed by atoms with E-state index in [9.17, 15) is 14.4 Å². The molecular weight excluding hydrogens is 392 g/mol. The molecule has 3 amide bonds. The van der Waals surface area contributed by atoms with E-state index in [0.29, 0.717) is 22.7 Å². The molecule has 0 aliphatic heterocycles. The summed E-state index contributed by atoms with van der Waals surface area (Å²) >= 11 is 0. The Labute approximate surface area is 180 Å². The van der Waals surface area contributed by atoms with Crippen molar-refractivity contribution in [3.63, 3.8) is 0 Å². The number of aromatic nitrogens is 1. The van der Waals surface area contributed by atoms with Crippen molar-refractivity contribution < 1.29 is 14.4 Å². The lowest BCUT2D eigenvalue weighted by Gasteiger charge is -2.17. The number of carbonyl (C=O) groups is 3. The second-order valence-corrected chi connectivity index (χ2v) is 8.13. The van der Waals surface area contributed by atoms with Crippen molar-refractivity contribution in [1.29, 1.82) is 0 Å². The number of hydrogen-bond donors (Lipinski definition) is 4. The Morgan fingerprint density at radius 3 is 2.65 bits per heavy atom. The number of benzene rings is 2. The molecule has 4 rings (SSSR count). The van der Waals surface area contributed by atoms with Gasteiger partial charge in [0.2, 0.25) is 5.91 Å². The van der Waals surface area contributed by atoms with Crippen molar-refractivity contribution in [2.24, 2.45) is 11.7 Å². The highest BCUT2D eigenvalue weighted by atomic mass is 16.2. The Balaban J connectivity index is 1.59. The third kappa shape index (κ3) is 4.30. The highest BCUT2D eigenvalue weighted by Crippen LogP contribution is 2.33. The van der Waals surface area contributed by atoms with Crippen LogP contribution in [0.4, 0.5) is 5.69 Å². The van der Waals surface area contributed by atoms with Crippen molar-refractivity contribution >= 4 is 34.3 Å². The molecule has 1 atom stereocenters. The molecule has 31 heavy (non-hydrogen) atoms. The summed E-state index contributed by atoms with van der Waals surface area (Å²) in [7, 11) is 0. The molecule has 0 saturated heterocycles. The van der Waals surface area contributed by atoms with Gasteiger partial charge in [0.05, 0.1) is 22.3 Å². The Morgan fingerprint density at radius 2 is 1.84 bits per heavy atom. The maximum absolute atomic E-state index is 13.2. The Kier molecular flexibility index (Phi) is 5.75. The maximum Gasteiger partial charge on any atom is 0.257 e. The van der Waals surface area contributed by atoms with Gasteiger partial charge in [0, 0.05) is 24.0 Å². The second kappa shape index (κ2) is 8.63. The smallest absolute Gasteiger partial charge is 0.257 e. The molecule has 0 spiro atoms. The molecule has 1 unspecified atom stereocenters. The van der Waals surface area contributed by atoms with Crippen molar-refractivity contribution in [3.05, 3.63) is 64.8 Å². The number of H-pyrrole nitrogens is 1. The normalized spacial score (nSPS) is 15.3. The number of rotatable bonds is 6. The number of nitrogens with one attached hydrogen (secondary N) is 3. The molecule has 0 fully saturated rings. The number of para-hydroxylation sites is 2. The molecular formula is C24H26N4O3. The number of fused-ring (bicyclic) bond motifs is 3. The number of amides is 3. The summed E-state index contributed by atoms with van der Waals surface area (Å²) < 4.78 is 0. The van der Waals surface area contributed by atoms with Gasteiger partial charge >= 0.3 is 0 Å². The SMILES string of the molecule is CC1CCc2[nH]c3c(C(=O)Nc4ccccc4C(=O)NCCC(N)=O)cccc3c2C1. The Bertz CT molecular complexity index is 1160. The van der Waals surface area contributed by atoms with Gasteiger partial charge in [-0.25, -0.2) is 0 Å². The van der Waals surface area contributed by atoms with Gasteiger partial charge < -0.3 is 21.4 Å². The monoisotopic (exact) mass is 418 g/mol. The van der Waals surface area contributed by atoms with Crippen LogP contribution >= 0.6 is 0 Å². The van der Waals surface area contributed by atoms with E-state index >= 15 is 0 Å². The van der Waals surface area contributed by atoms with Gasteiger partial charge in [0.15, 0.2) is 0 Å². The molecule has 7 nitrogen and oxygen atoms in total. The number of aryl methyl sites for hydroxylation is 1. The predicted octanol–water partition coefficient (Wildman–Crippen LogP) is 3.15. The zero-order chi connectivity index (χ0) is 22.0. The standard InChI is InChI=1S/C24H26N4O3/c1-14-9-10-20-18(13-14)15-6-4-7-17(22(15)27-20)24(31)28-19-8-3-2-5-16(19)23(30)26-12-11-21(25)29/h2-8,14,27H,9-13H2,1H3,(H2,25,29)(H,26,30)(H,28,31). The zero-order valence-corrected chi connectivity index (χ0v) is 17.5. The molecule has 5 N–H and O–H groups in total. The van der Waals surface area contributed by atoms with Crippen LogP contribution in [0.2, 0.25) is 0 Å². The Morgan fingerprint density at radius 1 is 1.06 bits per heavy atom. The van der Waals surface area contributed by atoms with Crippen LogP contribution in [0, 0.1) is 5.92 Å². The van der Waals surface area contributed by atoms with Crippen molar-refractivity contribution in [1.82, 2.24) is 10.3 Å². The summed E-state index contributed by atoms with van der Waals surface area (Å²) in [6.45, 7) is 2.39. The van der Waals surface area contributed by atoms with E-state index in [1.165, 1.54) is 11.3 Å². The first-order chi connectivity index (χ1) is 14.9. The van der Waals surface area contributed by atoms with E-state index in [2.05, 4.69) is 28.6 Å². The summed E-state index contributed by atoms with van der Waals surface area (Å²) in [5.41, 5.74) is 9.75. The summed E-state index contributed by atoms with van der Waals surface area (Å²) in [6, 6.07) is 12.5. The molecule has 0 bridgehead atoms.